The molecule has 0 aromatic heterocycles. The molecule has 0 N–H and O–H groups in total. The topological polar surface area (TPSA) is 52.6 Å². The van der Waals surface area contributed by atoms with Crippen LogP contribution >= 0.6 is 0 Å². The minimum absolute atomic E-state index is 0.227. The molecule has 0 saturated carbocycles. The van der Waals surface area contributed by atoms with E-state index in [4.69, 9.17) is 9.47 Å². The van der Waals surface area contributed by atoms with E-state index in [1.807, 2.05) is 49.4 Å². The zero-order valence-corrected chi connectivity index (χ0v) is 13.1. The van der Waals surface area contributed by atoms with Gasteiger partial charge in [-0.3, -0.25) is 9.59 Å². The zero-order chi connectivity index (χ0) is 16.4. The third kappa shape index (κ3) is 2.84. The van der Waals surface area contributed by atoms with Crippen molar-refractivity contribution in [2.75, 3.05) is 6.61 Å². The molecule has 0 amide bonds. The summed E-state index contributed by atoms with van der Waals surface area (Å²) in [4.78, 5) is 24.8. The molecule has 118 valence electrons. The summed E-state index contributed by atoms with van der Waals surface area (Å²) in [5.74, 6) is -1.97. The zero-order valence-electron chi connectivity index (χ0n) is 13.1. The molecule has 23 heavy (non-hydrogen) atoms. The normalized spacial score (nSPS) is 19.7. The number of rotatable bonds is 3. The molecule has 2 unspecified atom stereocenters. The fraction of sp³-hybridized carbons (Fsp3) is 0.263. The number of carbonyl (C=O) groups is 2. The number of fused-ring (bicyclic) bond motifs is 1. The van der Waals surface area contributed by atoms with Crippen LogP contribution in [0.1, 0.15) is 29.5 Å². The van der Waals surface area contributed by atoms with Crippen LogP contribution in [-0.2, 0) is 14.3 Å². The number of benzene rings is 2. The number of carbonyl (C=O) groups excluding carboxylic acids is 2. The SMILES string of the molecule is CCOC(=O)C1C(=O)Oc2ccc(C)cc2C1c1ccccc1. The number of esters is 2. The molecule has 0 aliphatic carbocycles. The van der Waals surface area contributed by atoms with E-state index in [2.05, 4.69) is 0 Å². The number of ether oxygens (including phenoxy) is 2. The average Bonchev–Trinajstić information content (AvgIpc) is 2.55. The highest BCUT2D eigenvalue weighted by atomic mass is 16.6. The van der Waals surface area contributed by atoms with Crippen molar-refractivity contribution in [2.24, 2.45) is 5.92 Å². The summed E-state index contributed by atoms with van der Waals surface area (Å²) in [6.45, 7) is 3.92. The van der Waals surface area contributed by atoms with Crippen LogP contribution in [-0.4, -0.2) is 18.5 Å². The van der Waals surface area contributed by atoms with Crippen LogP contribution in [0.3, 0.4) is 0 Å². The molecule has 0 bridgehead atoms. The summed E-state index contributed by atoms with van der Waals surface area (Å²) < 4.78 is 10.5. The van der Waals surface area contributed by atoms with Crippen molar-refractivity contribution in [2.45, 2.75) is 19.8 Å². The molecule has 4 heteroatoms. The first-order valence-corrected chi connectivity index (χ1v) is 7.65. The smallest absolute Gasteiger partial charge is 0.326 e. The second-order valence-corrected chi connectivity index (χ2v) is 5.58. The van der Waals surface area contributed by atoms with Crippen molar-refractivity contribution in [3.8, 4) is 5.75 Å². The van der Waals surface area contributed by atoms with E-state index >= 15 is 0 Å². The molecule has 1 heterocycles. The van der Waals surface area contributed by atoms with Crippen LogP contribution in [0.4, 0.5) is 0 Å². The van der Waals surface area contributed by atoms with E-state index in [0.717, 1.165) is 16.7 Å². The van der Waals surface area contributed by atoms with Gasteiger partial charge >= 0.3 is 11.9 Å². The van der Waals surface area contributed by atoms with Crippen molar-refractivity contribution >= 4 is 11.9 Å². The third-order valence-corrected chi connectivity index (χ3v) is 4.00. The monoisotopic (exact) mass is 310 g/mol. The Balaban J connectivity index is 2.16. The fourth-order valence-electron chi connectivity index (χ4n) is 2.99. The van der Waals surface area contributed by atoms with Gasteiger partial charge in [0.2, 0.25) is 0 Å². The summed E-state index contributed by atoms with van der Waals surface area (Å²) in [6.07, 6.45) is 0. The first kappa shape index (κ1) is 15.3. The molecule has 1 aliphatic rings. The number of aryl methyl sites for hydroxylation is 1. The summed E-state index contributed by atoms with van der Waals surface area (Å²) in [5, 5.41) is 0. The second kappa shape index (κ2) is 6.24. The van der Waals surface area contributed by atoms with Gasteiger partial charge in [0.15, 0.2) is 5.92 Å². The van der Waals surface area contributed by atoms with Gasteiger partial charge in [-0.15, -0.1) is 0 Å². The molecule has 0 saturated heterocycles. The van der Waals surface area contributed by atoms with E-state index in [9.17, 15) is 9.59 Å². The molecule has 2 aromatic rings. The molecule has 0 spiro atoms. The van der Waals surface area contributed by atoms with Crippen LogP contribution < -0.4 is 4.74 Å². The lowest BCUT2D eigenvalue weighted by Gasteiger charge is -2.31. The Bertz CT molecular complexity index is 736. The average molecular weight is 310 g/mol. The van der Waals surface area contributed by atoms with Gasteiger partial charge in [-0.25, -0.2) is 0 Å². The largest absolute Gasteiger partial charge is 0.465 e. The van der Waals surface area contributed by atoms with Crippen molar-refractivity contribution in [3.05, 3.63) is 65.2 Å². The maximum absolute atomic E-state index is 12.4. The molecular formula is C19H18O4. The predicted octanol–water partition coefficient (Wildman–Crippen LogP) is 3.23. The van der Waals surface area contributed by atoms with Crippen molar-refractivity contribution in [3.63, 3.8) is 0 Å². The number of hydrogen-bond donors (Lipinski definition) is 0. The van der Waals surface area contributed by atoms with E-state index < -0.39 is 23.8 Å². The van der Waals surface area contributed by atoms with Gasteiger partial charge in [-0.1, -0.05) is 48.0 Å². The molecule has 4 nitrogen and oxygen atoms in total. The van der Waals surface area contributed by atoms with Crippen molar-refractivity contribution in [1.82, 2.24) is 0 Å². The van der Waals surface area contributed by atoms with E-state index in [1.165, 1.54) is 0 Å². The van der Waals surface area contributed by atoms with Gasteiger partial charge in [0.25, 0.3) is 0 Å². The van der Waals surface area contributed by atoms with Gasteiger partial charge in [0.1, 0.15) is 5.75 Å². The van der Waals surface area contributed by atoms with E-state index in [1.54, 1.807) is 13.0 Å². The van der Waals surface area contributed by atoms with Gasteiger partial charge < -0.3 is 9.47 Å². The molecule has 3 rings (SSSR count). The van der Waals surface area contributed by atoms with Crippen molar-refractivity contribution in [1.29, 1.82) is 0 Å². The quantitative estimate of drug-likeness (QED) is 0.496. The molecule has 0 fully saturated rings. The molecule has 1 aliphatic heterocycles. The molecular weight excluding hydrogens is 292 g/mol. The highest BCUT2D eigenvalue weighted by molar-refractivity contribution is 5.99. The van der Waals surface area contributed by atoms with Crippen LogP contribution in [0, 0.1) is 12.8 Å². The van der Waals surface area contributed by atoms with Gasteiger partial charge in [-0.05, 0) is 25.5 Å². The highest BCUT2D eigenvalue weighted by Crippen LogP contribution is 2.42. The Kier molecular flexibility index (Phi) is 4.15. The van der Waals surface area contributed by atoms with Crippen LogP contribution in [0.15, 0.2) is 48.5 Å². The van der Waals surface area contributed by atoms with Crippen LogP contribution in [0.2, 0.25) is 0 Å². The van der Waals surface area contributed by atoms with Crippen molar-refractivity contribution < 1.29 is 19.1 Å². The van der Waals surface area contributed by atoms with E-state index in [0.29, 0.717) is 5.75 Å². The summed E-state index contributed by atoms with van der Waals surface area (Å²) >= 11 is 0. The molecule has 2 atom stereocenters. The summed E-state index contributed by atoms with van der Waals surface area (Å²) in [7, 11) is 0. The van der Waals surface area contributed by atoms with Gasteiger partial charge in [-0.2, -0.15) is 0 Å². The predicted molar refractivity (Wildman–Crippen MR) is 85.2 cm³/mol. The lowest BCUT2D eigenvalue weighted by atomic mass is 9.78. The Morgan fingerprint density at radius 1 is 1.17 bits per heavy atom. The highest BCUT2D eigenvalue weighted by Gasteiger charge is 2.44. The lowest BCUT2D eigenvalue weighted by molar-refractivity contribution is -0.158. The van der Waals surface area contributed by atoms with Gasteiger partial charge in [0, 0.05) is 11.5 Å². The minimum atomic E-state index is -0.980. The Hall–Kier alpha value is -2.62. The Morgan fingerprint density at radius 3 is 2.61 bits per heavy atom. The van der Waals surface area contributed by atoms with Crippen LogP contribution in [0.25, 0.3) is 0 Å². The summed E-state index contributed by atoms with van der Waals surface area (Å²) in [5.41, 5.74) is 2.79. The van der Waals surface area contributed by atoms with Gasteiger partial charge in [0.05, 0.1) is 6.61 Å². The Labute approximate surface area is 135 Å². The Morgan fingerprint density at radius 2 is 1.91 bits per heavy atom. The maximum atomic E-state index is 12.4. The fourth-order valence-corrected chi connectivity index (χ4v) is 2.99. The maximum Gasteiger partial charge on any atom is 0.326 e. The molecule has 2 aromatic carbocycles. The molecule has 0 radical (unpaired) electrons. The second-order valence-electron chi connectivity index (χ2n) is 5.58. The number of hydrogen-bond acceptors (Lipinski definition) is 4. The first-order valence-electron chi connectivity index (χ1n) is 7.65. The lowest BCUT2D eigenvalue weighted by Crippen LogP contribution is -2.38. The first-order chi connectivity index (χ1) is 11.1. The van der Waals surface area contributed by atoms with Crippen LogP contribution in [0.5, 0.6) is 5.75 Å². The minimum Gasteiger partial charge on any atom is -0.465 e. The standard InChI is InChI=1S/C19H18O4/c1-3-22-18(20)17-16(13-7-5-4-6-8-13)14-11-12(2)9-10-15(14)23-19(17)21/h4-11,16-17H,3H2,1-2H3. The third-order valence-electron chi connectivity index (χ3n) is 4.00. The van der Waals surface area contributed by atoms with E-state index in [-0.39, 0.29) is 6.61 Å². The summed E-state index contributed by atoms with van der Waals surface area (Å²) in [6, 6.07) is 15.2.